The number of pyridine rings is 2. The van der Waals surface area contributed by atoms with Crippen molar-refractivity contribution >= 4 is 39.0 Å². The van der Waals surface area contributed by atoms with Crippen molar-refractivity contribution in [2.75, 3.05) is 50.9 Å². The Morgan fingerprint density at radius 2 is 1.79 bits per heavy atom. The zero-order chi connectivity index (χ0) is 24.5. The lowest BCUT2D eigenvalue weighted by molar-refractivity contribution is 0.0828. The molecular formula is C23H25ClN6O3S. The van der Waals surface area contributed by atoms with Crippen molar-refractivity contribution in [2.24, 2.45) is 0 Å². The van der Waals surface area contributed by atoms with Crippen LogP contribution in [0.25, 0.3) is 11.1 Å². The van der Waals surface area contributed by atoms with Crippen molar-refractivity contribution in [1.82, 2.24) is 19.2 Å². The average molecular weight is 501 g/mol. The number of aromatic nitrogens is 2. The van der Waals surface area contributed by atoms with E-state index in [2.05, 4.69) is 9.97 Å². The summed E-state index contributed by atoms with van der Waals surface area (Å²) in [4.78, 5) is 24.3. The lowest BCUT2D eigenvalue weighted by Crippen LogP contribution is -2.49. The first-order valence-corrected chi connectivity index (χ1v) is 12.4. The van der Waals surface area contributed by atoms with Gasteiger partial charge in [-0.25, -0.2) is 13.4 Å². The molecule has 178 valence electrons. The Kier molecular flexibility index (Phi) is 6.74. The maximum atomic E-state index is 12.8. The highest BCUT2D eigenvalue weighted by Gasteiger charge is 2.29. The van der Waals surface area contributed by atoms with E-state index in [4.69, 9.17) is 17.3 Å². The summed E-state index contributed by atoms with van der Waals surface area (Å²) in [6, 6.07) is 10.2. The zero-order valence-corrected chi connectivity index (χ0v) is 20.4. The summed E-state index contributed by atoms with van der Waals surface area (Å²) in [6.45, 7) is 1.56. The predicted molar refractivity (Wildman–Crippen MR) is 132 cm³/mol. The largest absolute Gasteiger partial charge is 0.396 e. The number of piperazine rings is 1. The van der Waals surface area contributed by atoms with Crippen LogP contribution in [0.2, 0.25) is 5.02 Å². The van der Waals surface area contributed by atoms with Gasteiger partial charge in [0, 0.05) is 64.4 Å². The standard InChI is InChI=1S/C23H25ClN6O3S/c1-28(2)23(31)19-6-5-16(12-20(19)24)17-13-21(25)22(27-14-17)29-8-10-30(11-9-29)34(32,33)18-4-3-7-26-15-18/h3-7,12-15H,8-11,25H2,1-2H3. The molecule has 1 fully saturated rings. The molecule has 2 N–H and O–H groups in total. The number of halogens is 1. The number of carbonyl (C=O) groups is 1. The SMILES string of the molecule is CN(C)C(=O)c1ccc(-c2cnc(N3CCN(S(=O)(=O)c4cccnc4)CC3)c(N)c2)cc1Cl. The van der Waals surface area contributed by atoms with Crippen molar-refractivity contribution in [3.05, 3.63) is 65.6 Å². The third-order valence-corrected chi connectivity index (χ3v) is 7.84. The van der Waals surface area contributed by atoms with Crippen LogP contribution in [0.3, 0.4) is 0 Å². The number of amides is 1. The maximum Gasteiger partial charge on any atom is 0.254 e. The predicted octanol–water partition coefficient (Wildman–Crippen LogP) is 2.59. The number of hydrogen-bond donors (Lipinski definition) is 1. The number of anilines is 2. The summed E-state index contributed by atoms with van der Waals surface area (Å²) in [7, 11) is -0.245. The summed E-state index contributed by atoms with van der Waals surface area (Å²) >= 11 is 6.34. The summed E-state index contributed by atoms with van der Waals surface area (Å²) < 4.78 is 27.1. The number of sulfonamides is 1. The van der Waals surface area contributed by atoms with Gasteiger partial charge >= 0.3 is 0 Å². The third kappa shape index (κ3) is 4.70. The maximum absolute atomic E-state index is 12.8. The monoisotopic (exact) mass is 500 g/mol. The van der Waals surface area contributed by atoms with E-state index in [0.717, 1.165) is 11.1 Å². The summed E-state index contributed by atoms with van der Waals surface area (Å²) in [5, 5.41) is 0.352. The molecule has 0 atom stereocenters. The second-order valence-electron chi connectivity index (χ2n) is 8.11. The van der Waals surface area contributed by atoms with Crippen molar-refractivity contribution in [3.63, 3.8) is 0 Å². The topological polar surface area (TPSA) is 113 Å². The van der Waals surface area contributed by atoms with Crippen LogP contribution in [-0.4, -0.2) is 73.8 Å². The number of nitrogens with two attached hydrogens (primary N) is 1. The molecule has 0 bridgehead atoms. The van der Waals surface area contributed by atoms with E-state index in [1.807, 2.05) is 4.90 Å². The van der Waals surface area contributed by atoms with E-state index >= 15 is 0 Å². The van der Waals surface area contributed by atoms with E-state index in [1.54, 1.807) is 62.9 Å². The van der Waals surface area contributed by atoms with E-state index in [0.29, 0.717) is 48.3 Å². The smallest absolute Gasteiger partial charge is 0.254 e. The molecule has 4 rings (SSSR count). The molecule has 0 unspecified atom stereocenters. The van der Waals surface area contributed by atoms with Crippen LogP contribution in [0.5, 0.6) is 0 Å². The van der Waals surface area contributed by atoms with E-state index in [9.17, 15) is 13.2 Å². The fourth-order valence-corrected chi connectivity index (χ4v) is 5.44. The fourth-order valence-electron chi connectivity index (χ4n) is 3.79. The molecule has 3 heterocycles. The van der Waals surface area contributed by atoms with Crippen LogP contribution in [0.1, 0.15) is 10.4 Å². The second-order valence-corrected chi connectivity index (χ2v) is 10.5. The molecule has 1 aliphatic rings. The van der Waals surface area contributed by atoms with Gasteiger partial charge in [-0.15, -0.1) is 0 Å². The van der Waals surface area contributed by atoms with Crippen LogP contribution in [0, 0.1) is 0 Å². The van der Waals surface area contributed by atoms with Crippen LogP contribution < -0.4 is 10.6 Å². The molecule has 34 heavy (non-hydrogen) atoms. The molecule has 1 aromatic carbocycles. The van der Waals surface area contributed by atoms with Crippen LogP contribution >= 0.6 is 11.6 Å². The molecule has 0 radical (unpaired) electrons. The first-order valence-electron chi connectivity index (χ1n) is 10.6. The Balaban J connectivity index is 1.48. The van der Waals surface area contributed by atoms with Crippen molar-refractivity contribution in [2.45, 2.75) is 4.90 Å². The van der Waals surface area contributed by atoms with E-state index in [1.165, 1.54) is 15.4 Å². The van der Waals surface area contributed by atoms with Gasteiger partial charge in [-0.3, -0.25) is 9.78 Å². The third-order valence-electron chi connectivity index (χ3n) is 5.64. The first kappa shape index (κ1) is 23.9. The van der Waals surface area contributed by atoms with E-state index < -0.39 is 10.0 Å². The Bertz CT molecular complexity index is 1310. The molecule has 0 spiro atoms. The zero-order valence-electron chi connectivity index (χ0n) is 18.8. The summed E-state index contributed by atoms with van der Waals surface area (Å²) in [5.74, 6) is 0.432. The number of hydrogen-bond acceptors (Lipinski definition) is 7. The fraction of sp³-hybridized carbons (Fsp3) is 0.261. The highest BCUT2D eigenvalue weighted by Crippen LogP contribution is 2.31. The summed E-state index contributed by atoms with van der Waals surface area (Å²) in [5.41, 5.74) is 8.78. The highest BCUT2D eigenvalue weighted by atomic mass is 35.5. The van der Waals surface area contributed by atoms with Crippen LogP contribution in [0.4, 0.5) is 11.5 Å². The highest BCUT2D eigenvalue weighted by molar-refractivity contribution is 7.89. The molecule has 1 aliphatic heterocycles. The second kappa shape index (κ2) is 9.57. The van der Waals surface area contributed by atoms with Gasteiger partial charge < -0.3 is 15.5 Å². The Morgan fingerprint density at radius 1 is 1.06 bits per heavy atom. The van der Waals surface area contributed by atoms with E-state index in [-0.39, 0.29) is 10.8 Å². The minimum atomic E-state index is -3.59. The van der Waals surface area contributed by atoms with Gasteiger partial charge in [0.25, 0.3) is 5.91 Å². The number of carbonyl (C=O) groups excluding carboxylic acids is 1. The number of benzene rings is 1. The molecule has 11 heteroatoms. The van der Waals surface area contributed by atoms with Crippen molar-refractivity contribution in [3.8, 4) is 11.1 Å². The van der Waals surface area contributed by atoms with Gasteiger partial charge in [-0.05, 0) is 35.9 Å². The normalized spacial score (nSPS) is 14.7. The van der Waals surface area contributed by atoms with Gasteiger partial charge in [0.05, 0.1) is 16.3 Å². The number of nitrogen functional groups attached to an aromatic ring is 1. The van der Waals surface area contributed by atoms with Crippen molar-refractivity contribution < 1.29 is 13.2 Å². The Hall–Kier alpha value is -3.21. The Morgan fingerprint density at radius 3 is 2.38 bits per heavy atom. The number of nitrogens with zero attached hydrogens (tertiary/aromatic N) is 5. The van der Waals surface area contributed by atoms with Gasteiger partial charge in [-0.1, -0.05) is 17.7 Å². The summed E-state index contributed by atoms with van der Waals surface area (Å²) in [6.07, 6.45) is 4.60. The lowest BCUT2D eigenvalue weighted by Gasteiger charge is -2.35. The number of rotatable bonds is 5. The molecule has 2 aromatic heterocycles. The quantitative estimate of drug-likeness (QED) is 0.572. The lowest BCUT2D eigenvalue weighted by atomic mass is 10.0. The minimum absolute atomic E-state index is 0.172. The molecule has 0 aliphatic carbocycles. The van der Waals surface area contributed by atoms with Gasteiger partial charge in [0.2, 0.25) is 10.0 Å². The first-order chi connectivity index (χ1) is 16.2. The molecule has 1 saturated heterocycles. The molecule has 9 nitrogen and oxygen atoms in total. The molecule has 3 aromatic rings. The minimum Gasteiger partial charge on any atom is -0.396 e. The molecule has 0 saturated carbocycles. The van der Waals surface area contributed by atoms with Gasteiger partial charge in [0.1, 0.15) is 4.90 Å². The average Bonchev–Trinajstić information content (AvgIpc) is 2.84. The van der Waals surface area contributed by atoms with Crippen LogP contribution in [0.15, 0.2) is 59.9 Å². The van der Waals surface area contributed by atoms with Gasteiger partial charge in [-0.2, -0.15) is 4.31 Å². The molecular weight excluding hydrogens is 476 g/mol. The van der Waals surface area contributed by atoms with Crippen LogP contribution in [-0.2, 0) is 10.0 Å². The van der Waals surface area contributed by atoms with Crippen molar-refractivity contribution in [1.29, 1.82) is 0 Å². The Labute approximate surface area is 203 Å². The molecule has 1 amide bonds. The van der Waals surface area contributed by atoms with Gasteiger partial charge in [0.15, 0.2) is 5.82 Å².